The van der Waals surface area contributed by atoms with Crippen LogP contribution in [0.3, 0.4) is 0 Å². The lowest BCUT2D eigenvalue weighted by atomic mass is 10.1. The number of esters is 1. The molecular weight excluding hydrogens is 359 g/mol. The second kappa shape index (κ2) is 7.24. The molecule has 0 radical (unpaired) electrons. The van der Waals surface area contributed by atoms with Crippen LogP contribution in [0.15, 0.2) is 47.0 Å². The van der Waals surface area contributed by atoms with Gasteiger partial charge in [-0.15, -0.1) is 0 Å². The molecule has 0 aliphatic rings. The number of carbonyl (C=O) groups excluding carboxylic acids is 1. The van der Waals surface area contributed by atoms with Gasteiger partial charge < -0.3 is 14.0 Å². The first-order valence-electron chi connectivity index (χ1n) is 7.67. The number of ether oxygens (including phenoxy) is 2. The molecule has 27 heavy (non-hydrogen) atoms. The summed E-state index contributed by atoms with van der Waals surface area (Å²) >= 11 is 0. The van der Waals surface area contributed by atoms with Crippen LogP contribution in [0.5, 0.6) is 11.5 Å². The SMILES string of the molecule is COc1ccc(OC(=O)c2c(-c3ccc(F)cc3)noc2C)c([N+](=O)[O-])c1. The van der Waals surface area contributed by atoms with Crippen LogP contribution in [0.2, 0.25) is 0 Å². The summed E-state index contributed by atoms with van der Waals surface area (Å²) in [5.74, 6) is -1.18. The van der Waals surface area contributed by atoms with Gasteiger partial charge in [-0.1, -0.05) is 5.16 Å². The smallest absolute Gasteiger partial charge is 0.349 e. The van der Waals surface area contributed by atoms with Crippen LogP contribution in [0.25, 0.3) is 11.3 Å². The van der Waals surface area contributed by atoms with Crippen molar-refractivity contribution < 1.29 is 28.1 Å². The number of halogens is 1. The molecule has 0 amide bonds. The monoisotopic (exact) mass is 372 g/mol. The predicted molar refractivity (Wildman–Crippen MR) is 91.2 cm³/mol. The molecule has 0 fully saturated rings. The molecule has 3 aromatic rings. The number of carbonyl (C=O) groups is 1. The molecule has 0 N–H and O–H groups in total. The summed E-state index contributed by atoms with van der Waals surface area (Å²) in [4.78, 5) is 23.2. The van der Waals surface area contributed by atoms with Crippen LogP contribution < -0.4 is 9.47 Å². The quantitative estimate of drug-likeness (QED) is 0.289. The number of aromatic nitrogens is 1. The van der Waals surface area contributed by atoms with Gasteiger partial charge >= 0.3 is 11.7 Å². The second-order valence-corrected chi connectivity index (χ2v) is 5.45. The fourth-order valence-corrected chi connectivity index (χ4v) is 2.42. The van der Waals surface area contributed by atoms with Gasteiger partial charge in [0, 0.05) is 5.56 Å². The van der Waals surface area contributed by atoms with Crippen molar-refractivity contribution in [2.75, 3.05) is 7.11 Å². The summed E-state index contributed by atoms with van der Waals surface area (Å²) in [7, 11) is 1.36. The van der Waals surface area contributed by atoms with Crippen molar-refractivity contribution in [3.63, 3.8) is 0 Å². The third-order valence-corrected chi connectivity index (χ3v) is 3.75. The third-order valence-electron chi connectivity index (χ3n) is 3.75. The van der Waals surface area contributed by atoms with Gasteiger partial charge in [0.15, 0.2) is 0 Å². The van der Waals surface area contributed by atoms with E-state index < -0.39 is 22.4 Å². The molecule has 0 saturated carbocycles. The summed E-state index contributed by atoms with van der Waals surface area (Å²) in [6.07, 6.45) is 0. The zero-order chi connectivity index (χ0) is 19.6. The highest BCUT2D eigenvalue weighted by Gasteiger charge is 2.26. The largest absolute Gasteiger partial charge is 0.496 e. The maximum atomic E-state index is 13.1. The number of hydrogen-bond donors (Lipinski definition) is 0. The van der Waals surface area contributed by atoms with Crippen molar-refractivity contribution in [1.82, 2.24) is 5.16 Å². The zero-order valence-corrected chi connectivity index (χ0v) is 14.3. The number of rotatable bonds is 5. The standard InChI is InChI=1S/C18H13FN2O6/c1-10-16(17(20-27-10)11-3-5-12(19)6-4-11)18(22)26-15-8-7-13(25-2)9-14(15)21(23)24/h3-9H,1-2H3. The Hall–Kier alpha value is -3.75. The first-order valence-corrected chi connectivity index (χ1v) is 7.67. The van der Waals surface area contributed by atoms with E-state index in [1.54, 1.807) is 0 Å². The molecule has 3 rings (SSSR count). The maximum Gasteiger partial charge on any atom is 0.349 e. The van der Waals surface area contributed by atoms with Gasteiger partial charge in [0.25, 0.3) is 0 Å². The number of nitrogens with zero attached hydrogens (tertiary/aromatic N) is 2. The molecule has 2 aromatic carbocycles. The Morgan fingerprint density at radius 3 is 2.56 bits per heavy atom. The van der Waals surface area contributed by atoms with Gasteiger partial charge in [-0.05, 0) is 43.3 Å². The minimum absolute atomic E-state index is 0.00766. The van der Waals surface area contributed by atoms with Gasteiger partial charge in [-0.3, -0.25) is 10.1 Å². The highest BCUT2D eigenvalue weighted by Crippen LogP contribution is 2.33. The summed E-state index contributed by atoms with van der Waals surface area (Å²) in [5.41, 5.74) is 0.143. The Labute approximate surface area is 152 Å². The van der Waals surface area contributed by atoms with Crippen LogP contribution in [-0.4, -0.2) is 23.2 Å². The molecule has 1 heterocycles. The van der Waals surface area contributed by atoms with E-state index in [4.69, 9.17) is 14.0 Å². The number of hydrogen-bond acceptors (Lipinski definition) is 7. The number of benzene rings is 2. The molecule has 138 valence electrons. The van der Waals surface area contributed by atoms with E-state index in [0.29, 0.717) is 5.56 Å². The van der Waals surface area contributed by atoms with Crippen molar-refractivity contribution in [2.45, 2.75) is 6.92 Å². The van der Waals surface area contributed by atoms with E-state index in [1.165, 1.54) is 50.4 Å². The second-order valence-electron chi connectivity index (χ2n) is 5.45. The highest BCUT2D eigenvalue weighted by molar-refractivity contribution is 5.98. The number of aryl methyl sites for hydroxylation is 1. The summed E-state index contributed by atoms with van der Waals surface area (Å²) in [6.45, 7) is 1.50. The Kier molecular flexibility index (Phi) is 4.84. The Morgan fingerprint density at radius 2 is 1.93 bits per heavy atom. The Bertz CT molecular complexity index is 1010. The van der Waals surface area contributed by atoms with Crippen LogP contribution in [0, 0.1) is 22.9 Å². The predicted octanol–water partition coefficient (Wildman–Crippen LogP) is 3.93. The minimum Gasteiger partial charge on any atom is -0.496 e. The molecule has 0 bridgehead atoms. The van der Waals surface area contributed by atoms with Gasteiger partial charge in [0.2, 0.25) is 5.75 Å². The maximum absolute atomic E-state index is 13.1. The van der Waals surface area contributed by atoms with Gasteiger partial charge in [-0.25, -0.2) is 9.18 Å². The average molecular weight is 372 g/mol. The van der Waals surface area contributed by atoms with Crippen LogP contribution in [0.1, 0.15) is 16.1 Å². The minimum atomic E-state index is -0.888. The van der Waals surface area contributed by atoms with Gasteiger partial charge in [0.05, 0.1) is 18.1 Å². The average Bonchev–Trinajstić information content (AvgIpc) is 3.04. The number of nitro benzene ring substituents is 1. The van der Waals surface area contributed by atoms with Crippen molar-refractivity contribution in [3.8, 4) is 22.8 Å². The van der Waals surface area contributed by atoms with Crippen molar-refractivity contribution in [3.05, 3.63) is 69.7 Å². The fraction of sp³-hybridized carbons (Fsp3) is 0.111. The first kappa shape index (κ1) is 18.1. The van der Waals surface area contributed by atoms with Gasteiger partial charge in [0.1, 0.15) is 28.6 Å². The normalized spacial score (nSPS) is 10.5. The van der Waals surface area contributed by atoms with Crippen molar-refractivity contribution in [2.24, 2.45) is 0 Å². The fourth-order valence-electron chi connectivity index (χ4n) is 2.42. The molecule has 0 aliphatic heterocycles. The number of nitro groups is 1. The van der Waals surface area contributed by atoms with Crippen LogP contribution >= 0.6 is 0 Å². The van der Waals surface area contributed by atoms with Crippen LogP contribution in [-0.2, 0) is 0 Å². The molecular formula is C18H13FN2O6. The third kappa shape index (κ3) is 3.61. The Balaban J connectivity index is 1.97. The van der Waals surface area contributed by atoms with E-state index in [9.17, 15) is 19.3 Å². The summed E-state index contributed by atoms with van der Waals surface area (Å²) in [6, 6.07) is 9.11. The lowest BCUT2D eigenvalue weighted by molar-refractivity contribution is -0.385. The summed E-state index contributed by atoms with van der Waals surface area (Å²) < 4.78 is 28.3. The lowest BCUT2D eigenvalue weighted by Gasteiger charge is -2.07. The molecule has 1 aromatic heterocycles. The van der Waals surface area contributed by atoms with Crippen molar-refractivity contribution in [1.29, 1.82) is 0 Å². The van der Waals surface area contributed by atoms with Gasteiger partial charge in [-0.2, -0.15) is 0 Å². The zero-order valence-electron chi connectivity index (χ0n) is 14.3. The highest BCUT2D eigenvalue weighted by atomic mass is 19.1. The lowest BCUT2D eigenvalue weighted by Crippen LogP contribution is -2.11. The van der Waals surface area contributed by atoms with E-state index in [2.05, 4.69) is 5.16 Å². The summed E-state index contributed by atoms with van der Waals surface area (Å²) in [5, 5.41) is 15.0. The number of methoxy groups -OCH3 is 1. The molecule has 9 heteroatoms. The topological polar surface area (TPSA) is 105 Å². The Morgan fingerprint density at radius 1 is 1.22 bits per heavy atom. The van der Waals surface area contributed by atoms with E-state index in [1.807, 2.05) is 0 Å². The molecule has 0 aliphatic carbocycles. The first-order chi connectivity index (χ1) is 12.9. The van der Waals surface area contributed by atoms with E-state index >= 15 is 0 Å². The van der Waals surface area contributed by atoms with Crippen LogP contribution in [0.4, 0.5) is 10.1 Å². The molecule has 0 atom stereocenters. The molecule has 0 saturated heterocycles. The molecule has 0 spiro atoms. The van der Waals surface area contributed by atoms with E-state index in [0.717, 1.165) is 6.07 Å². The van der Waals surface area contributed by atoms with E-state index in [-0.39, 0.29) is 28.5 Å². The van der Waals surface area contributed by atoms with Crippen molar-refractivity contribution >= 4 is 11.7 Å². The molecule has 8 nitrogen and oxygen atoms in total. The molecule has 0 unspecified atom stereocenters.